The zero-order chi connectivity index (χ0) is 19.4. The minimum atomic E-state index is -3.77. The minimum Gasteiger partial charge on any atom is -0.370 e. The number of nitrogens with one attached hydrogen (secondary N) is 1. The van der Waals surface area contributed by atoms with Gasteiger partial charge in [0, 0.05) is 25.2 Å². The van der Waals surface area contributed by atoms with Gasteiger partial charge in [0.25, 0.3) is 0 Å². The first-order valence-corrected chi connectivity index (χ1v) is 10.6. The van der Waals surface area contributed by atoms with E-state index in [1.165, 1.54) is 31.3 Å². The van der Waals surface area contributed by atoms with Gasteiger partial charge in [-0.05, 0) is 49.2 Å². The van der Waals surface area contributed by atoms with Gasteiger partial charge in [0.2, 0.25) is 15.9 Å². The fourth-order valence-electron chi connectivity index (χ4n) is 3.08. The molecule has 0 bridgehead atoms. The molecule has 2 aromatic carbocycles. The van der Waals surface area contributed by atoms with E-state index in [9.17, 15) is 13.2 Å². The molecule has 1 aliphatic heterocycles. The lowest BCUT2D eigenvalue weighted by Crippen LogP contribution is -2.35. The SMILES string of the molecule is CN(CC(=O)Nc1ccccc1N1CCCC1)S(=O)(=O)c1ccc(Cl)cc1. The van der Waals surface area contributed by atoms with E-state index in [-0.39, 0.29) is 17.3 Å². The number of carbonyl (C=O) groups excluding carboxylic acids is 1. The Kier molecular flexibility index (Phi) is 6.04. The molecule has 1 fully saturated rings. The van der Waals surface area contributed by atoms with Crippen molar-refractivity contribution in [1.82, 2.24) is 4.31 Å². The Morgan fingerprint density at radius 1 is 1.11 bits per heavy atom. The maximum Gasteiger partial charge on any atom is 0.243 e. The summed E-state index contributed by atoms with van der Waals surface area (Å²) < 4.78 is 26.2. The quantitative estimate of drug-likeness (QED) is 0.798. The molecule has 144 valence electrons. The van der Waals surface area contributed by atoms with Gasteiger partial charge >= 0.3 is 0 Å². The highest BCUT2D eigenvalue weighted by Crippen LogP contribution is 2.28. The van der Waals surface area contributed by atoms with Crippen LogP contribution in [0.5, 0.6) is 0 Å². The van der Waals surface area contributed by atoms with Crippen LogP contribution in [0.2, 0.25) is 5.02 Å². The largest absolute Gasteiger partial charge is 0.370 e. The fraction of sp³-hybridized carbons (Fsp3) is 0.316. The standard InChI is InChI=1S/C19H22ClN3O3S/c1-22(27(25,26)16-10-8-15(20)9-11-16)14-19(24)21-17-6-2-3-7-18(17)23-12-4-5-13-23/h2-3,6-11H,4-5,12-14H2,1H3,(H,21,24). The number of carbonyl (C=O) groups is 1. The Hall–Kier alpha value is -2.09. The first-order chi connectivity index (χ1) is 12.9. The number of halogens is 1. The highest BCUT2D eigenvalue weighted by atomic mass is 35.5. The van der Waals surface area contributed by atoms with Gasteiger partial charge in [-0.1, -0.05) is 23.7 Å². The van der Waals surface area contributed by atoms with Gasteiger partial charge in [-0.25, -0.2) is 8.42 Å². The number of anilines is 2. The molecule has 0 saturated carbocycles. The Morgan fingerprint density at radius 3 is 2.41 bits per heavy atom. The first kappa shape index (κ1) is 19.7. The number of nitrogens with zero attached hydrogens (tertiary/aromatic N) is 2. The number of hydrogen-bond donors (Lipinski definition) is 1. The molecule has 1 saturated heterocycles. The topological polar surface area (TPSA) is 69.7 Å². The number of hydrogen-bond acceptors (Lipinski definition) is 4. The van der Waals surface area contributed by atoms with Crippen molar-refractivity contribution in [2.24, 2.45) is 0 Å². The highest BCUT2D eigenvalue weighted by molar-refractivity contribution is 7.89. The van der Waals surface area contributed by atoms with E-state index >= 15 is 0 Å². The molecule has 0 aliphatic carbocycles. The normalized spacial score (nSPS) is 14.6. The number of amides is 1. The van der Waals surface area contributed by atoms with Crippen LogP contribution in [0.4, 0.5) is 11.4 Å². The molecular weight excluding hydrogens is 386 g/mol. The molecule has 0 spiro atoms. The van der Waals surface area contributed by atoms with Crippen molar-refractivity contribution >= 4 is 38.9 Å². The predicted molar refractivity (Wildman–Crippen MR) is 108 cm³/mol. The molecule has 0 aromatic heterocycles. The van der Waals surface area contributed by atoms with Crippen molar-refractivity contribution < 1.29 is 13.2 Å². The summed E-state index contributed by atoms with van der Waals surface area (Å²) in [4.78, 5) is 14.8. The third-order valence-corrected chi connectivity index (χ3v) is 6.58. The second-order valence-electron chi connectivity index (χ2n) is 6.47. The van der Waals surface area contributed by atoms with Crippen LogP contribution in [0.25, 0.3) is 0 Å². The van der Waals surface area contributed by atoms with Crippen LogP contribution < -0.4 is 10.2 Å². The molecule has 1 N–H and O–H groups in total. The lowest BCUT2D eigenvalue weighted by Gasteiger charge is -2.22. The summed E-state index contributed by atoms with van der Waals surface area (Å²) in [5, 5.41) is 3.29. The monoisotopic (exact) mass is 407 g/mol. The van der Waals surface area contributed by atoms with Gasteiger partial charge in [0.1, 0.15) is 0 Å². The lowest BCUT2D eigenvalue weighted by atomic mass is 10.2. The van der Waals surface area contributed by atoms with Crippen molar-refractivity contribution in [1.29, 1.82) is 0 Å². The Balaban J connectivity index is 1.70. The molecule has 2 aromatic rings. The van der Waals surface area contributed by atoms with Crippen LogP contribution >= 0.6 is 11.6 Å². The van der Waals surface area contributed by atoms with E-state index < -0.39 is 10.0 Å². The van der Waals surface area contributed by atoms with E-state index in [4.69, 9.17) is 11.6 Å². The van der Waals surface area contributed by atoms with Crippen LogP contribution in [0, 0.1) is 0 Å². The van der Waals surface area contributed by atoms with Crippen LogP contribution in [-0.2, 0) is 14.8 Å². The fourth-order valence-corrected chi connectivity index (χ4v) is 4.33. The third-order valence-electron chi connectivity index (χ3n) is 4.51. The Bertz CT molecular complexity index is 910. The summed E-state index contributed by atoms with van der Waals surface area (Å²) in [6.45, 7) is 1.63. The van der Waals surface area contributed by atoms with Crippen molar-refractivity contribution in [3.8, 4) is 0 Å². The van der Waals surface area contributed by atoms with Crippen molar-refractivity contribution in [2.75, 3.05) is 36.9 Å². The summed E-state index contributed by atoms with van der Waals surface area (Å²) in [7, 11) is -2.38. The van der Waals surface area contributed by atoms with E-state index in [2.05, 4.69) is 10.2 Å². The number of rotatable bonds is 6. The molecule has 0 radical (unpaired) electrons. The summed E-state index contributed by atoms with van der Waals surface area (Å²) >= 11 is 5.81. The zero-order valence-electron chi connectivity index (χ0n) is 15.1. The number of benzene rings is 2. The van der Waals surface area contributed by atoms with Gasteiger partial charge in [-0.3, -0.25) is 4.79 Å². The van der Waals surface area contributed by atoms with Crippen LogP contribution in [0.3, 0.4) is 0 Å². The zero-order valence-corrected chi connectivity index (χ0v) is 16.6. The van der Waals surface area contributed by atoms with E-state index in [0.717, 1.165) is 35.9 Å². The third kappa shape index (κ3) is 4.61. The summed E-state index contributed by atoms with van der Waals surface area (Å²) in [6, 6.07) is 13.4. The van der Waals surface area contributed by atoms with Crippen LogP contribution in [0.15, 0.2) is 53.4 Å². The van der Waals surface area contributed by atoms with Crippen molar-refractivity contribution in [3.63, 3.8) is 0 Å². The maximum atomic E-state index is 12.6. The van der Waals surface area contributed by atoms with Crippen molar-refractivity contribution in [2.45, 2.75) is 17.7 Å². The second-order valence-corrected chi connectivity index (χ2v) is 8.96. The average molecular weight is 408 g/mol. The number of sulfonamides is 1. The molecule has 6 nitrogen and oxygen atoms in total. The summed E-state index contributed by atoms with van der Waals surface area (Å²) in [5.41, 5.74) is 1.66. The number of para-hydroxylation sites is 2. The molecule has 1 aliphatic rings. The van der Waals surface area contributed by atoms with Gasteiger partial charge in [0.05, 0.1) is 22.8 Å². The molecular formula is C19H22ClN3O3S. The first-order valence-electron chi connectivity index (χ1n) is 8.73. The lowest BCUT2D eigenvalue weighted by molar-refractivity contribution is -0.116. The molecule has 0 unspecified atom stereocenters. The van der Waals surface area contributed by atoms with Crippen LogP contribution in [-0.4, -0.2) is 45.3 Å². The van der Waals surface area contributed by atoms with Gasteiger partial charge < -0.3 is 10.2 Å². The smallest absolute Gasteiger partial charge is 0.243 e. The van der Waals surface area contributed by atoms with E-state index in [1.807, 2.05) is 24.3 Å². The second kappa shape index (κ2) is 8.29. The molecule has 3 rings (SSSR count). The Morgan fingerprint density at radius 2 is 1.74 bits per heavy atom. The average Bonchev–Trinajstić information content (AvgIpc) is 3.17. The van der Waals surface area contributed by atoms with Crippen LogP contribution in [0.1, 0.15) is 12.8 Å². The van der Waals surface area contributed by atoms with Gasteiger partial charge in [-0.2, -0.15) is 4.31 Å². The highest BCUT2D eigenvalue weighted by Gasteiger charge is 2.24. The summed E-state index contributed by atoms with van der Waals surface area (Å²) in [6.07, 6.45) is 2.26. The number of likely N-dealkylation sites (N-methyl/N-ethyl adjacent to an activating group) is 1. The van der Waals surface area contributed by atoms with Gasteiger partial charge in [0.15, 0.2) is 0 Å². The minimum absolute atomic E-state index is 0.0969. The Labute approximate surface area is 164 Å². The predicted octanol–water partition coefficient (Wildman–Crippen LogP) is 3.20. The van der Waals surface area contributed by atoms with E-state index in [0.29, 0.717) is 10.7 Å². The summed E-state index contributed by atoms with van der Waals surface area (Å²) in [5.74, 6) is -0.387. The van der Waals surface area contributed by atoms with Gasteiger partial charge in [-0.15, -0.1) is 0 Å². The molecule has 0 atom stereocenters. The molecule has 27 heavy (non-hydrogen) atoms. The molecule has 1 amide bonds. The van der Waals surface area contributed by atoms with E-state index in [1.54, 1.807) is 0 Å². The molecule has 1 heterocycles. The maximum absolute atomic E-state index is 12.6. The van der Waals surface area contributed by atoms with Crippen molar-refractivity contribution in [3.05, 3.63) is 53.6 Å². The molecule has 8 heteroatoms.